The molecule has 0 aliphatic carbocycles. The number of ether oxygens (including phenoxy) is 5. The third kappa shape index (κ3) is 19.3. The molecule has 2 atom stereocenters. The molecule has 0 bridgehead atoms. The van der Waals surface area contributed by atoms with Gasteiger partial charge in [0.1, 0.15) is 52.7 Å². The molecular weight excluding hydrogens is 907 g/mol. The summed E-state index contributed by atoms with van der Waals surface area (Å²) in [5.74, 6) is -6.28. The smallest absolute Gasteiger partial charge is 0.371 e. The van der Waals surface area contributed by atoms with E-state index in [2.05, 4.69) is 6.92 Å². The van der Waals surface area contributed by atoms with Gasteiger partial charge in [-0.2, -0.15) is 0 Å². The normalized spacial score (nSPS) is 12.3. The summed E-state index contributed by atoms with van der Waals surface area (Å²) in [5, 5.41) is 18.6. The maximum Gasteiger partial charge on any atom is 0.371 e. The summed E-state index contributed by atoms with van der Waals surface area (Å²) in [4.78, 5) is 87.9. The van der Waals surface area contributed by atoms with Gasteiger partial charge in [-0.15, -0.1) is 0 Å². The fourth-order valence-electron chi connectivity index (χ4n) is 7.78. The Labute approximate surface area is 408 Å². The number of unbranched alkanes of at least 4 members (excludes halogenated alkanes) is 14. The Morgan fingerprint density at radius 3 is 1.49 bits per heavy atom. The number of fused-ring (bicyclic) bond motifs is 2. The van der Waals surface area contributed by atoms with Crippen molar-refractivity contribution in [2.24, 2.45) is 17.6 Å². The van der Waals surface area contributed by atoms with Gasteiger partial charge in [-0.3, -0.25) is 24.0 Å². The molecule has 0 fully saturated rings. The van der Waals surface area contributed by atoms with E-state index in [1.807, 2.05) is 0 Å². The maximum absolute atomic E-state index is 13.4. The van der Waals surface area contributed by atoms with Gasteiger partial charge in [0.25, 0.3) is 0 Å². The molecule has 17 heteroatoms. The molecule has 4 N–H and O–H groups in total. The van der Waals surface area contributed by atoms with Gasteiger partial charge in [-0.1, -0.05) is 123 Å². The molecule has 0 aliphatic rings. The van der Waals surface area contributed by atoms with E-state index in [1.165, 1.54) is 107 Å². The number of esters is 3. The number of carbonyl (C=O) groups is 5. The fraction of sp³-hybridized carbons (Fsp3) is 0.566. The van der Waals surface area contributed by atoms with Gasteiger partial charge < -0.3 is 48.5 Å². The Hall–Kier alpha value is -6.23. The Balaban J connectivity index is 1.33. The highest BCUT2D eigenvalue weighted by molar-refractivity contribution is 5.90. The number of aromatic carboxylic acids is 2. The molecule has 2 aromatic heterocycles. The molecule has 0 spiro atoms. The quantitative estimate of drug-likeness (QED) is 0.0220. The topological polar surface area (TPSA) is 258 Å². The zero-order chi connectivity index (χ0) is 50.8. The Morgan fingerprint density at radius 1 is 0.586 bits per heavy atom. The van der Waals surface area contributed by atoms with Crippen LogP contribution in [0.5, 0.6) is 11.5 Å². The monoisotopic (exact) mass is 977 g/mol. The standard InChI is InChI=1S/C53H71NO16/c1-4-5-6-7-8-9-10-11-12-13-14-15-16-17-18-27-46(57)66-31-36(32-67-53(63)50(54)35(2)3)22-19-28-47(58)68-37(33-64-40-23-20-25-42-48(40)38(55)29-44(69-42)51(59)60)34-65-41-24-21-26-43-49(41)39(56)30-45(70-43)52(61)62/h20-21,23-26,29-30,35-37,50H,4-19,22,27-28,31-34,54H2,1-3H3,(H,59,60)(H,61,62)/t36?,50-/m0/s1. The molecule has 1 unspecified atom stereocenters. The Morgan fingerprint density at radius 2 is 1.03 bits per heavy atom. The molecule has 0 radical (unpaired) electrons. The van der Waals surface area contributed by atoms with Gasteiger partial charge in [0.2, 0.25) is 11.5 Å². The third-order valence-corrected chi connectivity index (χ3v) is 11.9. The van der Waals surface area contributed by atoms with E-state index < -0.39 is 77.5 Å². The maximum atomic E-state index is 13.4. The van der Waals surface area contributed by atoms with Gasteiger partial charge in [-0.25, -0.2) is 9.59 Å². The van der Waals surface area contributed by atoms with Gasteiger partial charge in [0, 0.05) is 30.9 Å². The lowest BCUT2D eigenvalue weighted by molar-refractivity contribution is -0.154. The van der Waals surface area contributed by atoms with E-state index in [-0.39, 0.29) is 77.8 Å². The van der Waals surface area contributed by atoms with Crippen molar-refractivity contribution in [1.29, 1.82) is 0 Å². The number of hydrogen-bond acceptors (Lipinski definition) is 15. The molecule has 0 aliphatic heterocycles. The van der Waals surface area contributed by atoms with E-state index in [0.717, 1.165) is 31.4 Å². The summed E-state index contributed by atoms with van der Waals surface area (Å²) in [6, 6.07) is 9.43. The summed E-state index contributed by atoms with van der Waals surface area (Å²) in [6.45, 7) is 4.92. The van der Waals surface area contributed by atoms with E-state index in [0.29, 0.717) is 12.8 Å². The molecule has 2 aromatic carbocycles. The lowest BCUT2D eigenvalue weighted by atomic mass is 10.0. The van der Waals surface area contributed by atoms with Gasteiger partial charge >= 0.3 is 29.8 Å². The van der Waals surface area contributed by atoms with Crippen LogP contribution in [0.3, 0.4) is 0 Å². The Bertz CT molecular complexity index is 2310. The minimum Gasteiger partial charge on any atom is -0.489 e. The molecule has 384 valence electrons. The van der Waals surface area contributed by atoms with Crippen LogP contribution >= 0.6 is 0 Å². The first-order valence-electron chi connectivity index (χ1n) is 24.8. The highest BCUT2D eigenvalue weighted by Crippen LogP contribution is 2.26. The zero-order valence-electron chi connectivity index (χ0n) is 40.9. The zero-order valence-corrected chi connectivity index (χ0v) is 40.9. The van der Waals surface area contributed by atoms with Crippen molar-refractivity contribution >= 4 is 51.8 Å². The molecule has 0 saturated heterocycles. The van der Waals surface area contributed by atoms with Crippen molar-refractivity contribution in [3.63, 3.8) is 0 Å². The van der Waals surface area contributed by atoms with Crippen molar-refractivity contribution in [3.05, 3.63) is 80.5 Å². The van der Waals surface area contributed by atoms with Crippen LogP contribution in [0.4, 0.5) is 0 Å². The number of carboxylic acids is 2. The summed E-state index contributed by atoms with van der Waals surface area (Å²) < 4.78 is 39.6. The van der Waals surface area contributed by atoms with Crippen molar-refractivity contribution < 1.29 is 66.7 Å². The predicted molar refractivity (Wildman–Crippen MR) is 261 cm³/mol. The summed E-state index contributed by atoms with van der Waals surface area (Å²) >= 11 is 0. The van der Waals surface area contributed by atoms with E-state index in [4.69, 9.17) is 38.3 Å². The first-order valence-corrected chi connectivity index (χ1v) is 24.8. The lowest BCUT2D eigenvalue weighted by Crippen LogP contribution is -2.38. The van der Waals surface area contributed by atoms with Crippen molar-refractivity contribution in [3.8, 4) is 11.5 Å². The van der Waals surface area contributed by atoms with E-state index in [9.17, 15) is 43.8 Å². The molecule has 2 heterocycles. The van der Waals surface area contributed by atoms with Crippen LogP contribution in [0, 0.1) is 11.8 Å². The van der Waals surface area contributed by atoms with Crippen LogP contribution < -0.4 is 26.1 Å². The minimum absolute atomic E-state index is 0.0000450. The molecule has 0 saturated carbocycles. The van der Waals surface area contributed by atoms with Crippen LogP contribution in [0.1, 0.15) is 164 Å². The number of nitrogens with two attached hydrogens (primary N) is 1. The first kappa shape index (κ1) is 56.4. The number of hydrogen-bond donors (Lipinski definition) is 3. The van der Waals surface area contributed by atoms with Crippen LogP contribution in [-0.4, -0.2) is 78.6 Å². The first-order chi connectivity index (χ1) is 33.7. The largest absolute Gasteiger partial charge is 0.489 e. The van der Waals surface area contributed by atoms with Gasteiger partial charge in [-0.05, 0) is 49.4 Å². The number of rotatable bonds is 35. The summed E-state index contributed by atoms with van der Waals surface area (Å²) in [6.07, 6.45) is 17.7. The molecule has 70 heavy (non-hydrogen) atoms. The van der Waals surface area contributed by atoms with Crippen molar-refractivity contribution in [2.75, 3.05) is 26.4 Å². The molecule has 17 nitrogen and oxygen atoms in total. The molecule has 4 rings (SSSR count). The summed E-state index contributed by atoms with van der Waals surface area (Å²) in [5.41, 5.74) is 4.51. The second-order valence-corrected chi connectivity index (χ2v) is 18.1. The highest BCUT2D eigenvalue weighted by atomic mass is 16.6. The highest BCUT2D eigenvalue weighted by Gasteiger charge is 2.24. The van der Waals surface area contributed by atoms with Crippen LogP contribution in [-0.2, 0) is 28.6 Å². The average molecular weight is 978 g/mol. The van der Waals surface area contributed by atoms with Crippen LogP contribution in [0.2, 0.25) is 0 Å². The van der Waals surface area contributed by atoms with E-state index >= 15 is 0 Å². The van der Waals surface area contributed by atoms with E-state index in [1.54, 1.807) is 13.8 Å². The van der Waals surface area contributed by atoms with Crippen molar-refractivity contribution in [1.82, 2.24) is 0 Å². The van der Waals surface area contributed by atoms with Gasteiger partial charge in [0.05, 0.1) is 13.2 Å². The number of benzene rings is 2. The molecular formula is C53H71NO16. The second-order valence-electron chi connectivity index (χ2n) is 18.1. The third-order valence-electron chi connectivity index (χ3n) is 11.9. The van der Waals surface area contributed by atoms with Crippen LogP contribution in [0.25, 0.3) is 21.9 Å². The summed E-state index contributed by atoms with van der Waals surface area (Å²) in [7, 11) is 0. The van der Waals surface area contributed by atoms with Crippen molar-refractivity contribution in [2.45, 2.75) is 155 Å². The Kier molecular flexibility index (Phi) is 24.5. The number of carbonyl (C=O) groups excluding carboxylic acids is 3. The van der Waals surface area contributed by atoms with Crippen LogP contribution in [0.15, 0.2) is 67.0 Å². The fourth-order valence-corrected chi connectivity index (χ4v) is 7.78. The predicted octanol–water partition coefficient (Wildman–Crippen LogP) is 9.78. The van der Waals surface area contributed by atoms with Gasteiger partial charge in [0.15, 0.2) is 17.0 Å². The molecule has 0 amide bonds. The number of carboxylic acid groups (broad SMARTS) is 2. The second kappa shape index (κ2) is 30.4. The average Bonchev–Trinajstić information content (AvgIpc) is 3.33. The molecule has 4 aromatic rings. The lowest BCUT2D eigenvalue weighted by Gasteiger charge is -2.21. The SMILES string of the molecule is CCCCCCCCCCCCCCCCCC(=O)OCC(CCCC(=O)OC(COc1cccc2oc(C(=O)O)cc(=O)c12)COc1cccc2oc(C(=O)O)cc(=O)c12)COC(=O)[C@@H](N)C(C)C. The minimum atomic E-state index is -1.44.